The lowest BCUT2D eigenvalue weighted by atomic mass is 10.1. The van der Waals surface area contributed by atoms with Crippen molar-refractivity contribution >= 4 is 0 Å². The van der Waals surface area contributed by atoms with Crippen molar-refractivity contribution in [2.75, 3.05) is 20.2 Å². The topological polar surface area (TPSA) is 61.7 Å². The van der Waals surface area contributed by atoms with Crippen LogP contribution >= 0.6 is 0 Å². The first-order valence-corrected chi connectivity index (χ1v) is 3.38. The molecule has 1 unspecified atom stereocenters. The Bertz CT molecular complexity index is 107. The molecule has 10 heavy (non-hydrogen) atoms. The second-order valence-corrected chi connectivity index (χ2v) is 2.49. The Labute approximate surface area is 59.8 Å². The van der Waals surface area contributed by atoms with E-state index in [0.717, 1.165) is 0 Å². The van der Waals surface area contributed by atoms with Crippen molar-refractivity contribution in [3.63, 3.8) is 0 Å². The first kappa shape index (κ1) is 7.94. The SMILES string of the molecule is CNCC1OC[C@@H](O)[C@H]1O. The van der Waals surface area contributed by atoms with E-state index in [0.29, 0.717) is 6.54 Å². The Morgan fingerprint density at radius 2 is 2.30 bits per heavy atom. The van der Waals surface area contributed by atoms with Crippen molar-refractivity contribution < 1.29 is 14.9 Å². The molecule has 3 atom stereocenters. The molecule has 1 aliphatic heterocycles. The van der Waals surface area contributed by atoms with E-state index >= 15 is 0 Å². The van der Waals surface area contributed by atoms with Gasteiger partial charge in [-0.25, -0.2) is 0 Å². The van der Waals surface area contributed by atoms with Crippen LogP contribution in [0.3, 0.4) is 0 Å². The summed E-state index contributed by atoms with van der Waals surface area (Å²) < 4.78 is 5.06. The van der Waals surface area contributed by atoms with Crippen molar-refractivity contribution in [2.24, 2.45) is 0 Å². The molecule has 1 rings (SSSR count). The highest BCUT2D eigenvalue weighted by molar-refractivity contribution is 4.83. The highest BCUT2D eigenvalue weighted by Gasteiger charge is 2.33. The Morgan fingerprint density at radius 1 is 1.60 bits per heavy atom. The number of nitrogens with one attached hydrogen (secondary N) is 1. The van der Waals surface area contributed by atoms with Gasteiger partial charge in [0.05, 0.1) is 12.7 Å². The van der Waals surface area contributed by atoms with Gasteiger partial charge in [0.25, 0.3) is 0 Å². The third-order valence-corrected chi connectivity index (χ3v) is 1.66. The Kier molecular flexibility index (Phi) is 2.62. The van der Waals surface area contributed by atoms with E-state index in [9.17, 15) is 5.11 Å². The molecule has 0 saturated carbocycles. The van der Waals surface area contributed by atoms with Crippen LogP contribution in [0.4, 0.5) is 0 Å². The van der Waals surface area contributed by atoms with Gasteiger partial charge in [0.2, 0.25) is 0 Å². The largest absolute Gasteiger partial charge is 0.388 e. The van der Waals surface area contributed by atoms with E-state index < -0.39 is 12.2 Å². The van der Waals surface area contributed by atoms with E-state index in [1.807, 2.05) is 0 Å². The molecule has 0 aromatic rings. The van der Waals surface area contributed by atoms with Crippen LogP contribution in [0.25, 0.3) is 0 Å². The Hall–Kier alpha value is -0.160. The summed E-state index contributed by atoms with van der Waals surface area (Å²) in [5.74, 6) is 0. The van der Waals surface area contributed by atoms with Gasteiger partial charge in [-0.3, -0.25) is 0 Å². The molecule has 1 heterocycles. The predicted octanol–water partition coefficient (Wildman–Crippen LogP) is -1.67. The molecule has 0 spiro atoms. The molecule has 0 amide bonds. The number of hydrogen-bond donors (Lipinski definition) is 3. The van der Waals surface area contributed by atoms with Gasteiger partial charge in [0, 0.05) is 6.54 Å². The molecular weight excluding hydrogens is 134 g/mol. The third kappa shape index (κ3) is 1.46. The quantitative estimate of drug-likeness (QED) is 0.437. The van der Waals surface area contributed by atoms with Crippen LogP contribution in [-0.2, 0) is 4.74 Å². The summed E-state index contributed by atoms with van der Waals surface area (Å²) in [6.45, 7) is 0.825. The average molecular weight is 147 g/mol. The smallest absolute Gasteiger partial charge is 0.109 e. The van der Waals surface area contributed by atoms with Crippen LogP contribution in [0.2, 0.25) is 0 Å². The fraction of sp³-hybridized carbons (Fsp3) is 1.00. The first-order valence-electron chi connectivity index (χ1n) is 3.38. The summed E-state index contributed by atoms with van der Waals surface area (Å²) in [6, 6.07) is 0. The zero-order chi connectivity index (χ0) is 7.56. The van der Waals surface area contributed by atoms with E-state index in [1.165, 1.54) is 0 Å². The minimum absolute atomic E-state index is 0.244. The standard InChI is InChI=1S/C6H13NO3/c1-7-2-5-6(9)4(8)3-10-5/h4-9H,2-3H2,1H3/t4-,5?,6-/m1/s1. The number of aliphatic hydroxyl groups excluding tert-OH is 2. The van der Waals surface area contributed by atoms with Gasteiger partial charge < -0.3 is 20.3 Å². The number of aliphatic hydroxyl groups is 2. The maximum absolute atomic E-state index is 9.17. The first-order chi connectivity index (χ1) is 4.75. The lowest BCUT2D eigenvalue weighted by Gasteiger charge is -2.13. The highest BCUT2D eigenvalue weighted by atomic mass is 16.5. The lowest BCUT2D eigenvalue weighted by Crippen LogP contribution is -2.36. The number of likely N-dealkylation sites (N-methyl/N-ethyl adjacent to an activating group) is 1. The molecule has 0 aromatic heterocycles. The predicted molar refractivity (Wildman–Crippen MR) is 35.7 cm³/mol. The molecule has 1 fully saturated rings. The van der Waals surface area contributed by atoms with Gasteiger partial charge in [0.1, 0.15) is 12.2 Å². The lowest BCUT2D eigenvalue weighted by molar-refractivity contribution is 0.0246. The van der Waals surface area contributed by atoms with Gasteiger partial charge >= 0.3 is 0 Å². The maximum Gasteiger partial charge on any atom is 0.109 e. The van der Waals surface area contributed by atoms with Crippen LogP contribution in [0.5, 0.6) is 0 Å². The fourth-order valence-corrected chi connectivity index (χ4v) is 1.05. The molecule has 0 bridgehead atoms. The summed E-state index contributed by atoms with van der Waals surface area (Å²) in [5, 5.41) is 21.0. The molecule has 4 heteroatoms. The molecule has 0 aliphatic carbocycles. The summed E-state index contributed by atoms with van der Waals surface area (Å²) in [4.78, 5) is 0. The fourth-order valence-electron chi connectivity index (χ4n) is 1.05. The van der Waals surface area contributed by atoms with Crippen molar-refractivity contribution in [2.45, 2.75) is 18.3 Å². The summed E-state index contributed by atoms with van der Waals surface area (Å²) in [7, 11) is 1.78. The van der Waals surface area contributed by atoms with Crippen LogP contribution in [0.15, 0.2) is 0 Å². The van der Waals surface area contributed by atoms with Crippen molar-refractivity contribution in [1.29, 1.82) is 0 Å². The molecule has 60 valence electrons. The van der Waals surface area contributed by atoms with Gasteiger partial charge in [-0.1, -0.05) is 0 Å². The monoisotopic (exact) mass is 147 g/mol. The Morgan fingerprint density at radius 3 is 2.70 bits per heavy atom. The van der Waals surface area contributed by atoms with Gasteiger partial charge in [-0.05, 0) is 7.05 Å². The summed E-state index contributed by atoms with van der Waals surface area (Å²) >= 11 is 0. The minimum atomic E-state index is -0.729. The van der Waals surface area contributed by atoms with Crippen LogP contribution in [-0.4, -0.2) is 48.7 Å². The van der Waals surface area contributed by atoms with Crippen LogP contribution in [0, 0.1) is 0 Å². The Balaban J connectivity index is 2.33. The van der Waals surface area contributed by atoms with Crippen molar-refractivity contribution in [3.05, 3.63) is 0 Å². The molecular formula is C6H13NO3. The van der Waals surface area contributed by atoms with E-state index in [-0.39, 0.29) is 12.7 Å². The molecule has 3 N–H and O–H groups in total. The second-order valence-electron chi connectivity index (χ2n) is 2.49. The summed E-state index contributed by atoms with van der Waals surface area (Å²) in [6.07, 6.45) is -1.69. The zero-order valence-corrected chi connectivity index (χ0v) is 5.95. The van der Waals surface area contributed by atoms with Crippen molar-refractivity contribution in [3.8, 4) is 0 Å². The average Bonchev–Trinajstić information content (AvgIpc) is 2.20. The van der Waals surface area contributed by atoms with Gasteiger partial charge in [-0.15, -0.1) is 0 Å². The normalized spacial score (nSPS) is 40.5. The molecule has 1 aliphatic rings. The number of hydrogen-bond acceptors (Lipinski definition) is 4. The van der Waals surface area contributed by atoms with E-state index in [2.05, 4.69) is 5.32 Å². The third-order valence-electron chi connectivity index (χ3n) is 1.66. The molecule has 0 radical (unpaired) electrons. The number of ether oxygens (including phenoxy) is 1. The van der Waals surface area contributed by atoms with E-state index in [1.54, 1.807) is 7.05 Å². The zero-order valence-electron chi connectivity index (χ0n) is 5.95. The van der Waals surface area contributed by atoms with E-state index in [4.69, 9.17) is 9.84 Å². The van der Waals surface area contributed by atoms with Gasteiger partial charge in [0.15, 0.2) is 0 Å². The molecule has 1 saturated heterocycles. The van der Waals surface area contributed by atoms with Crippen LogP contribution in [0.1, 0.15) is 0 Å². The molecule has 4 nitrogen and oxygen atoms in total. The molecule has 0 aromatic carbocycles. The van der Waals surface area contributed by atoms with Crippen molar-refractivity contribution in [1.82, 2.24) is 5.32 Å². The summed E-state index contributed by atoms with van der Waals surface area (Å²) in [5.41, 5.74) is 0. The maximum atomic E-state index is 9.17. The minimum Gasteiger partial charge on any atom is -0.388 e. The highest BCUT2D eigenvalue weighted by Crippen LogP contribution is 2.12. The van der Waals surface area contributed by atoms with Gasteiger partial charge in [-0.2, -0.15) is 0 Å². The second kappa shape index (κ2) is 3.30. The van der Waals surface area contributed by atoms with Crippen LogP contribution < -0.4 is 5.32 Å². The number of rotatable bonds is 2.